The molecule has 35 heteroatoms. The molecule has 3 fully saturated rings. The van der Waals surface area contributed by atoms with Crippen molar-refractivity contribution in [2.24, 2.45) is 91.5 Å². The second-order valence-electron chi connectivity index (χ2n) is 41.3. The summed E-state index contributed by atoms with van der Waals surface area (Å²) in [7, 11) is 0. The van der Waals surface area contributed by atoms with Crippen LogP contribution in [0.15, 0.2) is 44.9 Å². The molecule has 3 saturated heterocycles. The van der Waals surface area contributed by atoms with Gasteiger partial charge in [-0.1, -0.05) is 225 Å². The number of nitrogens with zero attached hydrogens (tertiary/aromatic N) is 7. The lowest BCUT2D eigenvalue weighted by molar-refractivity contribution is -0.141. The number of ether oxygens (including phenoxy) is 1. The number of oxime groups is 4. The summed E-state index contributed by atoms with van der Waals surface area (Å²) < 4.78 is 5.33. The fourth-order valence-electron chi connectivity index (χ4n) is 12.6. The quantitative estimate of drug-likeness (QED) is 0.0175. The molecule has 10 amide bonds. The van der Waals surface area contributed by atoms with E-state index in [2.05, 4.69) is 83.4 Å². The summed E-state index contributed by atoms with van der Waals surface area (Å²) in [5.74, 6) is 2.13. The second kappa shape index (κ2) is 83.0. The van der Waals surface area contributed by atoms with E-state index < -0.39 is 11.9 Å². The van der Waals surface area contributed by atoms with Crippen LogP contribution in [-0.4, -0.2) is 243 Å². The zero-order chi connectivity index (χ0) is 111. The minimum Gasteiger partial charge on any atom is -0.396 e. The molecule has 0 bridgehead atoms. The summed E-state index contributed by atoms with van der Waals surface area (Å²) in [6.45, 7) is 68.9. The number of unbranched alkanes of at least 4 members (excludes halogenated alkanes) is 4. The van der Waals surface area contributed by atoms with E-state index in [1.54, 1.807) is 0 Å². The molecule has 1 aromatic rings. The summed E-state index contributed by atoms with van der Waals surface area (Å²) in [6.07, 6.45) is 13.8. The van der Waals surface area contributed by atoms with E-state index >= 15 is 0 Å². The van der Waals surface area contributed by atoms with Crippen molar-refractivity contribution in [3.63, 3.8) is 0 Å². The third kappa shape index (κ3) is 75.7. The van der Waals surface area contributed by atoms with Gasteiger partial charge in [-0.15, -0.1) is 23.5 Å². The molecule has 3 aliphatic heterocycles. The van der Waals surface area contributed by atoms with Crippen LogP contribution in [0.2, 0.25) is 0 Å². The van der Waals surface area contributed by atoms with E-state index in [9.17, 15) is 76.7 Å². The highest BCUT2D eigenvalue weighted by molar-refractivity contribution is 8.01. The number of Topliss-reactive ketones (excluding diaryl/α,β-unsaturated/α-hetero) is 6. The van der Waals surface area contributed by atoms with Crippen molar-refractivity contribution in [3.8, 4) is 0 Å². The third-order valence-corrected chi connectivity index (χ3v) is 24.1. The maximum absolute atomic E-state index is 12.1. The molecule has 144 heavy (non-hydrogen) atoms. The molecule has 0 radical (unpaired) electrons. The standard InChI is InChI=1S/C27H44N4O5.C15H25N3O4S.C13H21NO3S.C13H21NO3.C12H23NO2.C11H22N2O2.2C9H18O/c1-19(2)25(32)9-7-6-8-15-36-31-21(5)23-12-10-22(11-13-23)17-24(27(28)34)30-26(33)18-35-16-14-29-20(3)4;1-10(2)17-22-8-6-16-13(19)5-7-18-14(20)9-12(15(18)21)23-11(3)4;1-8(2)10(15)5-6-14-12(16)7-11(13(14)17)18-9(3)4;1-8(2)10-7-12(16)14(13(10)17)6-5-11(15)9(3)4;1-10(2)12(14)8-6-5-7-9-15-13-11(3)4;1-9(2)5-6-11(14)12-7-8-15-13-10(3)4;2*1-7(2)5-6-9(10)8(3)4/h10-13,19-20,24,29H,6-9,14-18H2,1-5H3,(H2,28,34)(H,30,33);11-12H,5-9H2,1-4H3,(H,16,19);8-9,11H,5-7H2,1-4H3;8-10H,5-7H2,1-4H3;10H,5-9H2,1-4H3;9H,5-8H2,1-4H3,(H,12,14);2*7-8H,5-6H2,1-4H3/b31-21+;;;;;;;. The molecule has 4 atom stereocenters. The van der Waals surface area contributed by atoms with Crippen LogP contribution in [0, 0.1) is 65.1 Å². The highest BCUT2D eigenvalue weighted by atomic mass is 32.2. The Morgan fingerprint density at radius 3 is 1.07 bits per heavy atom. The Morgan fingerprint density at radius 1 is 0.382 bits per heavy atom. The van der Waals surface area contributed by atoms with E-state index in [0.29, 0.717) is 124 Å². The molecule has 1 aromatic carbocycles. The Morgan fingerprint density at radius 2 is 0.722 bits per heavy atom. The number of nitrogens with two attached hydrogens (primary N) is 1. The Labute approximate surface area is 874 Å². The number of benzene rings is 1. The van der Waals surface area contributed by atoms with Crippen molar-refractivity contribution < 1.29 is 101 Å². The first-order chi connectivity index (χ1) is 67.2. The first-order valence-corrected chi connectivity index (χ1v) is 54.2. The van der Waals surface area contributed by atoms with Crippen molar-refractivity contribution in [1.82, 2.24) is 36.0 Å². The van der Waals surface area contributed by atoms with Gasteiger partial charge in [-0.3, -0.25) is 91.4 Å². The summed E-state index contributed by atoms with van der Waals surface area (Å²) in [6, 6.07) is 7.04. The highest BCUT2D eigenvalue weighted by Gasteiger charge is 2.42. The van der Waals surface area contributed by atoms with Gasteiger partial charge in [-0.05, 0) is 152 Å². The number of hydrogen-bond acceptors (Lipinski definition) is 28. The smallest absolute Gasteiger partial charge is 0.246 e. The van der Waals surface area contributed by atoms with Gasteiger partial charge in [-0.2, -0.15) is 0 Å². The number of nitrogens with one attached hydrogen (secondary N) is 4. The number of carbonyl (C=O) groups is 16. The maximum atomic E-state index is 12.1. The molecule has 0 spiro atoms. The predicted molar refractivity (Wildman–Crippen MR) is 581 cm³/mol. The predicted octanol–water partition coefficient (Wildman–Crippen LogP) is 17.8. The van der Waals surface area contributed by atoms with Gasteiger partial charge in [0, 0.05) is 151 Å². The molecule has 0 saturated carbocycles. The minimum atomic E-state index is -0.824. The zero-order valence-electron chi connectivity index (χ0n) is 94.6. The van der Waals surface area contributed by atoms with E-state index in [4.69, 9.17) is 29.8 Å². The lowest BCUT2D eigenvalue weighted by Gasteiger charge is -2.16. The van der Waals surface area contributed by atoms with Crippen molar-refractivity contribution in [2.75, 3.05) is 78.9 Å². The number of likely N-dealkylation sites (tertiary alicyclic amines) is 3. The van der Waals surface area contributed by atoms with Crippen molar-refractivity contribution in [2.45, 2.75) is 396 Å². The number of carbonyl (C=O) groups excluding carboxylic acids is 16. The van der Waals surface area contributed by atoms with Crippen molar-refractivity contribution in [3.05, 3.63) is 35.4 Å². The second-order valence-corrected chi connectivity index (χ2v) is 44.8. The summed E-state index contributed by atoms with van der Waals surface area (Å²) >= 11 is 3.01. The van der Waals surface area contributed by atoms with Gasteiger partial charge in [0.15, 0.2) is 0 Å². The van der Waals surface area contributed by atoms with Crippen molar-refractivity contribution >= 4 is 140 Å². The number of ketones is 6. The summed E-state index contributed by atoms with van der Waals surface area (Å²) in [5.41, 5.74) is 10.6. The van der Waals surface area contributed by atoms with Crippen molar-refractivity contribution in [1.29, 1.82) is 0 Å². The first kappa shape index (κ1) is 141. The number of rotatable bonds is 62. The molecule has 4 rings (SSSR count). The van der Waals surface area contributed by atoms with Gasteiger partial charge in [0.05, 0.1) is 53.0 Å². The fraction of sp³-hybridized carbons (Fsp3) is 0.761. The van der Waals surface area contributed by atoms with Crippen LogP contribution in [0.25, 0.3) is 0 Å². The van der Waals surface area contributed by atoms with Crippen LogP contribution in [0.5, 0.6) is 0 Å². The monoisotopic (exact) mass is 2070 g/mol. The Hall–Kier alpha value is -8.96. The van der Waals surface area contributed by atoms with E-state index in [0.717, 1.165) is 105 Å². The summed E-state index contributed by atoms with van der Waals surface area (Å²) in [5, 5.41) is 26.8. The number of hydrogen-bond donors (Lipinski definition) is 5. The molecule has 0 aromatic heterocycles. The van der Waals surface area contributed by atoms with Gasteiger partial charge >= 0.3 is 0 Å². The van der Waals surface area contributed by atoms with E-state index in [-0.39, 0.29) is 199 Å². The first-order valence-electron chi connectivity index (χ1n) is 52.3. The molecule has 4 unspecified atom stereocenters. The highest BCUT2D eigenvalue weighted by Crippen LogP contribution is 2.31. The molecule has 33 nitrogen and oxygen atoms in total. The van der Waals surface area contributed by atoms with Crippen LogP contribution < -0.4 is 27.0 Å². The van der Waals surface area contributed by atoms with Crippen LogP contribution in [0.1, 0.15) is 368 Å². The normalized spacial score (nSPS) is 14.6. The largest absolute Gasteiger partial charge is 0.396 e. The van der Waals surface area contributed by atoms with E-state index in [1.807, 2.05) is 211 Å². The maximum Gasteiger partial charge on any atom is 0.246 e. The van der Waals surface area contributed by atoms with Crippen LogP contribution >= 0.6 is 23.5 Å². The SMILES string of the molecule is C/C(=N\OCCCCCC(=O)C(C)C)c1ccc(CC(NC(=O)COCCNC(C)C)C(N)=O)cc1.CC(C)=NOCCCCCC(=O)C(C)C.CC(C)=NOCCNC(=O)CCC(C)C.CC(C)=NOCCNC(=O)CCN1C(=O)CC(SC(C)C)C1=O.CC(C)C(=O)CCN1C(=O)CC(C(C)C)C1=O.CC(C)CCC(=O)C(C)C.CC(C)CCC(=O)C(C)C.CC(C)SC1CC(=O)N(CCC(=O)C(C)C)C1=O. The van der Waals surface area contributed by atoms with Gasteiger partial charge in [-0.25, -0.2) is 0 Å². The Balaban J connectivity index is -0.000000806. The lowest BCUT2D eigenvalue weighted by Crippen LogP contribution is -2.47. The van der Waals surface area contributed by atoms with Gasteiger partial charge < -0.3 is 51.1 Å². The Kier molecular flexibility index (Phi) is 81.5. The average molecular weight is 2070 g/mol. The summed E-state index contributed by atoms with van der Waals surface area (Å²) in [4.78, 5) is 210. The molecular formula is C109H192N12O21S2. The fourth-order valence-corrected chi connectivity index (χ4v) is 14.9. The van der Waals surface area contributed by atoms with Crippen LogP contribution in [0.4, 0.5) is 0 Å². The van der Waals surface area contributed by atoms with Crippen LogP contribution in [-0.2, 0) is 107 Å². The molecule has 3 aliphatic rings. The number of thioether (sulfide) groups is 2. The van der Waals surface area contributed by atoms with Crippen LogP contribution in [0.3, 0.4) is 0 Å². The number of imide groups is 3. The molecule has 6 N–H and O–H groups in total. The molecule has 826 valence electrons. The zero-order valence-corrected chi connectivity index (χ0v) is 96.2. The molecule has 0 aliphatic carbocycles. The van der Waals surface area contributed by atoms with Gasteiger partial charge in [0.25, 0.3) is 0 Å². The molecular weight excluding hydrogens is 1880 g/mol. The Bertz CT molecular complexity index is 4020. The van der Waals surface area contributed by atoms with Gasteiger partial charge in [0.1, 0.15) is 73.8 Å². The third-order valence-electron chi connectivity index (χ3n) is 21.7. The lowest BCUT2D eigenvalue weighted by atomic mass is 9.94. The minimum absolute atomic E-state index is 0.0382. The number of primary amides is 1. The topological polar surface area (TPSA) is 453 Å². The number of amides is 10. The van der Waals surface area contributed by atoms with Gasteiger partial charge in [0.2, 0.25) is 59.1 Å². The van der Waals surface area contributed by atoms with E-state index in [1.165, 1.54) is 38.2 Å². The molecule has 3 heterocycles. The average Bonchev–Trinajstić information content (AvgIpc) is 1.69.